The Balaban J connectivity index is 3.04. The van der Waals surface area contributed by atoms with E-state index in [0.29, 0.717) is 0 Å². The molecular formula is C3N3O. The van der Waals surface area contributed by atoms with E-state index in [4.69, 9.17) is 5.26 Å². The van der Waals surface area contributed by atoms with E-state index in [1.54, 1.807) is 6.07 Å². The third-order valence-electron chi connectivity index (χ3n) is 0.420. The zero-order valence-corrected chi connectivity index (χ0v) is 3.25. The van der Waals surface area contributed by atoms with Crippen molar-refractivity contribution in [3.8, 4) is 6.07 Å². The van der Waals surface area contributed by atoms with Crippen LogP contribution in [0.3, 0.4) is 0 Å². The summed E-state index contributed by atoms with van der Waals surface area (Å²) in [6.45, 7) is 0. The smallest absolute Gasteiger partial charge is 0.321 e. The molecule has 0 aliphatic carbocycles. The van der Waals surface area contributed by atoms with E-state index in [1.165, 1.54) is 0 Å². The zero-order chi connectivity index (χ0) is 5.11. The molecule has 0 spiro atoms. The first-order chi connectivity index (χ1) is 3.43. The average molecular weight is 94.1 g/mol. The maximum absolute atomic E-state index is 7.96. The van der Waals surface area contributed by atoms with E-state index in [1.807, 2.05) is 6.39 Å². The van der Waals surface area contributed by atoms with E-state index in [0.717, 1.165) is 0 Å². The van der Waals surface area contributed by atoms with Gasteiger partial charge in [-0.2, -0.15) is 5.26 Å². The minimum atomic E-state index is -0.0556. The molecule has 1 rings (SSSR count). The minimum absolute atomic E-state index is 0.0556. The maximum atomic E-state index is 7.96. The molecule has 0 N–H and O–H groups in total. The van der Waals surface area contributed by atoms with Gasteiger partial charge >= 0.3 is 12.3 Å². The molecule has 0 fully saturated rings. The summed E-state index contributed by atoms with van der Waals surface area (Å²) in [5.74, 6) is -0.0556. The first kappa shape index (κ1) is 3.81. The Labute approximate surface area is 39.4 Å². The highest BCUT2D eigenvalue weighted by Crippen LogP contribution is 1.82. The third-order valence-corrected chi connectivity index (χ3v) is 0.420. The Morgan fingerprint density at radius 3 is 3.00 bits per heavy atom. The molecule has 1 radical (unpaired) electrons. The molecule has 4 nitrogen and oxygen atoms in total. The Kier molecular flexibility index (Phi) is 0.755. The number of aromatic nitrogens is 2. The zero-order valence-electron chi connectivity index (χ0n) is 3.25. The van der Waals surface area contributed by atoms with Crippen molar-refractivity contribution in [2.24, 2.45) is 0 Å². The second kappa shape index (κ2) is 1.39. The standard InChI is InChI=1S/C3N3O/c4-1-3-6-5-2-7-3. The van der Waals surface area contributed by atoms with Gasteiger partial charge in [0.15, 0.2) is 6.07 Å². The van der Waals surface area contributed by atoms with Gasteiger partial charge in [-0.3, -0.25) is 0 Å². The molecule has 0 aliphatic rings. The van der Waals surface area contributed by atoms with Crippen LogP contribution in [0.15, 0.2) is 4.42 Å². The summed E-state index contributed by atoms with van der Waals surface area (Å²) in [5.41, 5.74) is 0. The van der Waals surface area contributed by atoms with Crippen molar-refractivity contribution < 1.29 is 4.42 Å². The number of hydrogen-bond acceptors (Lipinski definition) is 4. The van der Waals surface area contributed by atoms with Crippen LogP contribution in [-0.2, 0) is 0 Å². The fourth-order valence-corrected chi connectivity index (χ4v) is 0.195. The monoisotopic (exact) mass is 94.0 g/mol. The van der Waals surface area contributed by atoms with Crippen molar-refractivity contribution >= 4 is 0 Å². The van der Waals surface area contributed by atoms with Crippen LogP contribution in [0.5, 0.6) is 0 Å². The van der Waals surface area contributed by atoms with E-state index >= 15 is 0 Å². The largest absolute Gasteiger partial charge is 0.404 e. The molecule has 0 unspecified atom stereocenters. The predicted molar refractivity (Wildman–Crippen MR) is 17.8 cm³/mol. The average Bonchev–Trinajstić information content (AvgIpc) is 2.14. The van der Waals surface area contributed by atoms with Crippen LogP contribution < -0.4 is 0 Å². The topological polar surface area (TPSA) is 62.7 Å². The lowest BCUT2D eigenvalue weighted by molar-refractivity contribution is 0.529. The van der Waals surface area contributed by atoms with Crippen LogP contribution >= 0.6 is 0 Å². The summed E-state index contributed by atoms with van der Waals surface area (Å²) in [7, 11) is 0. The molecule has 1 aromatic heterocycles. The lowest BCUT2D eigenvalue weighted by Gasteiger charge is -1.59. The van der Waals surface area contributed by atoms with E-state index < -0.39 is 0 Å². The van der Waals surface area contributed by atoms with Crippen LogP contribution in [0.25, 0.3) is 0 Å². The van der Waals surface area contributed by atoms with Crippen molar-refractivity contribution in [3.05, 3.63) is 12.3 Å². The van der Waals surface area contributed by atoms with E-state index in [9.17, 15) is 0 Å². The molecule has 0 bridgehead atoms. The molecule has 0 saturated heterocycles. The van der Waals surface area contributed by atoms with Crippen LogP contribution in [-0.4, -0.2) is 10.2 Å². The quantitative estimate of drug-likeness (QED) is 0.444. The summed E-state index contributed by atoms with van der Waals surface area (Å²) in [5, 5.41) is 14.3. The summed E-state index contributed by atoms with van der Waals surface area (Å²) >= 11 is 0. The fourth-order valence-electron chi connectivity index (χ4n) is 0.195. The SMILES string of the molecule is N#Cc1nn[c]o1. The molecule has 0 aromatic carbocycles. The molecule has 7 heavy (non-hydrogen) atoms. The summed E-state index contributed by atoms with van der Waals surface area (Å²) in [6, 6.07) is 1.64. The predicted octanol–water partition coefficient (Wildman–Crippen LogP) is -0.259. The van der Waals surface area contributed by atoms with E-state index in [2.05, 4.69) is 14.6 Å². The maximum Gasteiger partial charge on any atom is 0.321 e. The molecule has 0 aliphatic heterocycles. The van der Waals surface area contributed by atoms with Gasteiger partial charge in [-0.05, 0) is 0 Å². The van der Waals surface area contributed by atoms with Gasteiger partial charge in [-0.25, -0.2) is 0 Å². The molecule has 0 atom stereocenters. The number of rotatable bonds is 0. The van der Waals surface area contributed by atoms with Crippen molar-refractivity contribution in [1.82, 2.24) is 10.2 Å². The van der Waals surface area contributed by atoms with Gasteiger partial charge in [-0.1, -0.05) is 5.10 Å². The third kappa shape index (κ3) is 0.550. The van der Waals surface area contributed by atoms with Crippen molar-refractivity contribution in [2.75, 3.05) is 0 Å². The van der Waals surface area contributed by atoms with Gasteiger partial charge in [0.05, 0.1) is 0 Å². The normalized spacial score (nSPS) is 7.86. The number of hydrogen-bond donors (Lipinski definition) is 0. The second-order valence-corrected chi connectivity index (χ2v) is 0.810. The molecule has 1 aromatic rings. The van der Waals surface area contributed by atoms with Gasteiger partial charge in [-0.15, -0.1) is 5.10 Å². The Morgan fingerprint density at radius 2 is 2.71 bits per heavy atom. The van der Waals surface area contributed by atoms with Gasteiger partial charge < -0.3 is 4.42 Å². The summed E-state index contributed by atoms with van der Waals surface area (Å²) in [4.78, 5) is 0. The highest BCUT2D eigenvalue weighted by Gasteiger charge is 1.89. The second-order valence-electron chi connectivity index (χ2n) is 0.810. The lowest BCUT2D eigenvalue weighted by atomic mass is 10.8. The highest BCUT2D eigenvalue weighted by molar-refractivity contribution is 4.99. The van der Waals surface area contributed by atoms with Crippen LogP contribution in [0.4, 0.5) is 0 Å². The fraction of sp³-hybridized carbons (Fsp3) is 0. The lowest BCUT2D eigenvalue weighted by Crippen LogP contribution is -1.68. The van der Waals surface area contributed by atoms with Gasteiger partial charge in [0, 0.05) is 0 Å². The van der Waals surface area contributed by atoms with Crippen molar-refractivity contribution in [3.63, 3.8) is 0 Å². The van der Waals surface area contributed by atoms with Crippen molar-refractivity contribution in [1.29, 1.82) is 5.26 Å². The van der Waals surface area contributed by atoms with Crippen molar-refractivity contribution in [2.45, 2.75) is 0 Å². The van der Waals surface area contributed by atoms with Gasteiger partial charge in [0.25, 0.3) is 0 Å². The molecule has 0 saturated carbocycles. The molecule has 0 amide bonds. The van der Waals surface area contributed by atoms with Gasteiger partial charge in [0.2, 0.25) is 0 Å². The highest BCUT2D eigenvalue weighted by atomic mass is 16.4. The summed E-state index contributed by atoms with van der Waals surface area (Å²) < 4.78 is 4.27. The first-order valence-corrected chi connectivity index (χ1v) is 1.53. The van der Waals surface area contributed by atoms with Crippen LogP contribution in [0.2, 0.25) is 0 Å². The van der Waals surface area contributed by atoms with E-state index in [-0.39, 0.29) is 5.89 Å². The van der Waals surface area contributed by atoms with Gasteiger partial charge in [0.1, 0.15) is 0 Å². The minimum Gasteiger partial charge on any atom is -0.404 e. The molecule has 4 heteroatoms. The number of nitriles is 1. The molecule has 33 valence electrons. The molecule has 1 heterocycles. The molecular weight excluding hydrogens is 94.1 g/mol. The number of nitrogens with zero attached hydrogens (tertiary/aromatic N) is 3. The summed E-state index contributed by atoms with van der Waals surface area (Å²) in [6.07, 6.45) is 2.02. The first-order valence-electron chi connectivity index (χ1n) is 1.53. The van der Waals surface area contributed by atoms with Crippen LogP contribution in [0.1, 0.15) is 5.89 Å². The Bertz CT molecular complexity index is 173. The Morgan fingerprint density at radius 1 is 1.86 bits per heavy atom. The van der Waals surface area contributed by atoms with Crippen LogP contribution in [0, 0.1) is 17.7 Å². The Hall–Kier alpha value is -1.37.